The second-order valence-electron chi connectivity index (χ2n) is 10.8. The zero-order chi connectivity index (χ0) is 29.4. The van der Waals surface area contributed by atoms with Gasteiger partial charge in [0.1, 0.15) is 11.9 Å². The molecule has 2 aromatic carbocycles. The van der Waals surface area contributed by atoms with Crippen molar-refractivity contribution in [2.24, 2.45) is 5.92 Å². The van der Waals surface area contributed by atoms with Gasteiger partial charge in [-0.15, -0.1) is 0 Å². The molecule has 2 aromatic rings. The van der Waals surface area contributed by atoms with Crippen LogP contribution in [0.2, 0.25) is 0 Å². The number of carbonyl (C=O) groups is 2. The molecule has 0 bridgehead atoms. The van der Waals surface area contributed by atoms with Crippen LogP contribution in [0, 0.1) is 5.92 Å². The van der Waals surface area contributed by atoms with Gasteiger partial charge < -0.3 is 25.0 Å². The maximum atomic E-state index is 13.4. The Morgan fingerprint density at radius 3 is 2.52 bits per heavy atom. The summed E-state index contributed by atoms with van der Waals surface area (Å²) in [5, 5.41) is 12.8. The highest BCUT2D eigenvalue weighted by Crippen LogP contribution is 2.30. The predicted molar refractivity (Wildman–Crippen MR) is 155 cm³/mol. The number of carbonyl (C=O) groups excluding carboxylic acids is 2. The molecular formula is C29H42N4O6S. The lowest BCUT2D eigenvalue weighted by Crippen LogP contribution is -2.48. The van der Waals surface area contributed by atoms with Crippen molar-refractivity contribution in [2.45, 2.75) is 50.2 Å². The second-order valence-corrected chi connectivity index (χ2v) is 12.8. The van der Waals surface area contributed by atoms with Crippen molar-refractivity contribution in [3.8, 4) is 5.75 Å². The van der Waals surface area contributed by atoms with Crippen molar-refractivity contribution < 1.29 is 27.9 Å². The number of benzene rings is 2. The van der Waals surface area contributed by atoms with Gasteiger partial charge in [-0.3, -0.25) is 9.59 Å². The van der Waals surface area contributed by atoms with Gasteiger partial charge >= 0.3 is 0 Å². The molecule has 10 nitrogen and oxygen atoms in total. The van der Waals surface area contributed by atoms with E-state index in [0.717, 1.165) is 13.0 Å². The Balaban J connectivity index is 1.90. The quantitative estimate of drug-likeness (QED) is 0.423. The van der Waals surface area contributed by atoms with E-state index in [0.29, 0.717) is 23.4 Å². The Hall–Kier alpha value is -2.99. The first-order chi connectivity index (χ1) is 18.9. The van der Waals surface area contributed by atoms with E-state index in [2.05, 4.69) is 5.32 Å². The van der Waals surface area contributed by atoms with Crippen molar-refractivity contribution in [2.75, 3.05) is 52.7 Å². The zero-order valence-electron chi connectivity index (χ0n) is 24.0. The van der Waals surface area contributed by atoms with Gasteiger partial charge in [-0.1, -0.05) is 25.1 Å². The van der Waals surface area contributed by atoms with Crippen LogP contribution in [-0.4, -0.2) is 99.0 Å². The molecule has 11 heteroatoms. The summed E-state index contributed by atoms with van der Waals surface area (Å²) in [6.45, 7) is 4.61. The number of sulfonamides is 1. The SMILES string of the molecule is C[C@@H]1CN([C@H](C)CO)C(=O)Cc2cc(NC(=O)CCCN(C)C)ccc2O[C@H]1CN(C)S(=O)(=O)c1ccccc1. The lowest BCUT2D eigenvalue weighted by Gasteiger charge is -2.33. The Kier molecular flexibility index (Phi) is 11.1. The van der Waals surface area contributed by atoms with Gasteiger partial charge in [-0.2, -0.15) is 4.31 Å². The van der Waals surface area contributed by atoms with Crippen LogP contribution in [0.15, 0.2) is 53.4 Å². The molecule has 1 aliphatic heterocycles. The minimum Gasteiger partial charge on any atom is -0.488 e. The second kappa shape index (κ2) is 14.1. The number of likely N-dealkylation sites (N-methyl/N-ethyl adjacent to an activating group) is 1. The highest BCUT2D eigenvalue weighted by Gasteiger charge is 2.33. The summed E-state index contributed by atoms with van der Waals surface area (Å²) in [6.07, 6.45) is 0.516. The number of rotatable bonds is 11. The summed E-state index contributed by atoms with van der Waals surface area (Å²) in [5.41, 5.74) is 1.14. The van der Waals surface area contributed by atoms with E-state index in [1.807, 2.05) is 25.9 Å². The molecule has 2 N–H and O–H groups in total. The molecule has 1 heterocycles. The van der Waals surface area contributed by atoms with Crippen molar-refractivity contribution in [3.63, 3.8) is 0 Å². The molecule has 220 valence electrons. The van der Waals surface area contributed by atoms with Crippen molar-refractivity contribution in [3.05, 3.63) is 54.1 Å². The third-order valence-electron chi connectivity index (χ3n) is 7.10. The maximum absolute atomic E-state index is 13.4. The number of fused-ring (bicyclic) bond motifs is 1. The average molecular weight is 575 g/mol. The topological polar surface area (TPSA) is 119 Å². The molecule has 1 aliphatic rings. The summed E-state index contributed by atoms with van der Waals surface area (Å²) >= 11 is 0. The normalized spacial score (nSPS) is 18.9. The fourth-order valence-electron chi connectivity index (χ4n) is 4.63. The standard InChI is InChI=1S/C29H42N4O6S/c1-21-18-33(22(2)20-34)29(36)17-23-16-24(30-28(35)12-9-15-31(3)4)13-14-26(23)39-27(21)19-32(5)40(37,38)25-10-7-6-8-11-25/h6-8,10-11,13-14,16,21-22,27,34H,9,12,15,17-20H2,1-5H3,(H,30,35)/t21-,22-,27+/m1/s1. The molecule has 3 rings (SSSR count). The summed E-state index contributed by atoms with van der Waals surface area (Å²) in [4.78, 5) is 29.7. The molecule has 0 fully saturated rings. The van der Waals surface area contributed by atoms with Gasteiger partial charge in [0.2, 0.25) is 21.8 Å². The van der Waals surface area contributed by atoms with Gasteiger partial charge in [0, 0.05) is 37.2 Å². The monoisotopic (exact) mass is 574 g/mol. The van der Waals surface area contributed by atoms with Gasteiger partial charge in [-0.25, -0.2) is 8.42 Å². The number of aliphatic hydroxyl groups excluding tert-OH is 1. The summed E-state index contributed by atoms with van der Waals surface area (Å²) in [5.74, 6) is -0.0984. The molecule has 0 radical (unpaired) electrons. The number of hydrogen-bond donors (Lipinski definition) is 2. The smallest absolute Gasteiger partial charge is 0.242 e. The Morgan fingerprint density at radius 2 is 1.88 bits per heavy atom. The van der Waals surface area contributed by atoms with Crippen molar-refractivity contribution >= 4 is 27.5 Å². The average Bonchev–Trinajstić information content (AvgIpc) is 2.96. The zero-order valence-corrected chi connectivity index (χ0v) is 24.9. The molecule has 2 amide bonds. The van der Waals surface area contributed by atoms with Crippen LogP contribution in [0.3, 0.4) is 0 Å². The summed E-state index contributed by atoms with van der Waals surface area (Å²) < 4.78 is 34.2. The van der Waals surface area contributed by atoms with E-state index < -0.39 is 22.2 Å². The predicted octanol–water partition coefficient (Wildman–Crippen LogP) is 2.44. The van der Waals surface area contributed by atoms with E-state index in [9.17, 15) is 23.1 Å². The molecule has 0 aromatic heterocycles. The van der Waals surface area contributed by atoms with Crippen LogP contribution in [0.4, 0.5) is 5.69 Å². The maximum Gasteiger partial charge on any atom is 0.242 e. The number of ether oxygens (including phenoxy) is 1. The van der Waals surface area contributed by atoms with Crippen molar-refractivity contribution in [1.82, 2.24) is 14.1 Å². The molecule has 0 aliphatic carbocycles. The minimum atomic E-state index is -3.77. The van der Waals surface area contributed by atoms with E-state index in [-0.39, 0.29) is 48.7 Å². The summed E-state index contributed by atoms with van der Waals surface area (Å²) in [7, 11) is 1.66. The lowest BCUT2D eigenvalue weighted by atomic mass is 10.0. The molecule has 0 unspecified atom stereocenters. The van der Waals surface area contributed by atoms with Crippen molar-refractivity contribution in [1.29, 1.82) is 0 Å². The largest absolute Gasteiger partial charge is 0.488 e. The van der Waals surface area contributed by atoms with Gasteiger partial charge in [0.05, 0.1) is 30.5 Å². The minimum absolute atomic E-state index is 0.0155. The van der Waals surface area contributed by atoms with E-state index in [1.54, 1.807) is 60.4 Å². The van der Waals surface area contributed by atoms with Crippen LogP contribution >= 0.6 is 0 Å². The van der Waals surface area contributed by atoms with E-state index >= 15 is 0 Å². The van der Waals surface area contributed by atoms with E-state index in [1.165, 1.54) is 11.4 Å². The number of amides is 2. The van der Waals surface area contributed by atoms with E-state index in [4.69, 9.17) is 4.74 Å². The van der Waals surface area contributed by atoms with Crippen LogP contribution in [0.5, 0.6) is 5.75 Å². The third-order valence-corrected chi connectivity index (χ3v) is 8.94. The first-order valence-electron chi connectivity index (χ1n) is 13.6. The van der Waals surface area contributed by atoms with Crippen LogP contribution < -0.4 is 10.1 Å². The number of anilines is 1. The Labute approximate surface area is 238 Å². The Bertz CT molecular complexity index is 1250. The molecule has 0 spiro atoms. The fraction of sp³-hybridized carbons (Fsp3) is 0.517. The molecular weight excluding hydrogens is 532 g/mol. The number of hydrogen-bond acceptors (Lipinski definition) is 7. The van der Waals surface area contributed by atoms with Crippen LogP contribution in [-0.2, 0) is 26.0 Å². The molecule has 0 saturated carbocycles. The van der Waals surface area contributed by atoms with Gasteiger partial charge in [-0.05, 0) is 64.3 Å². The fourth-order valence-corrected chi connectivity index (χ4v) is 5.83. The molecule has 40 heavy (non-hydrogen) atoms. The first kappa shape index (κ1) is 31.5. The molecule has 3 atom stereocenters. The third kappa shape index (κ3) is 8.26. The molecule has 0 saturated heterocycles. The van der Waals surface area contributed by atoms with Crippen LogP contribution in [0.25, 0.3) is 0 Å². The Morgan fingerprint density at radius 1 is 1.18 bits per heavy atom. The highest BCUT2D eigenvalue weighted by molar-refractivity contribution is 7.89. The summed E-state index contributed by atoms with van der Waals surface area (Å²) in [6, 6.07) is 13.0. The number of aliphatic hydroxyl groups is 1. The number of nitrogens with one attached hydrogen (secondary N) is 1. The highest BCUT2D eigenvalue weighted by atomic mass is 32.2. The van der Waals surface area contributed by atoms with Gasteiger partial charge in [0.15, 0.2) is 0 Å². The number of nitrogens with zero attached hydrogens (tertiary/aromatic N) is 3. The lowest BCUT2D eigenvalue weighted by molar-refractivity contribution is -0.134. The van der Waals surface area contributed by atoms with Crippen LogP contribution in [0.1, 0.15) is 32.3 Å². The van der Waals surface area contributed by atoms with Gasteiger partial charge in [0.25, 0.3) is 0 Å². The first-order valence-corrected chi connectivity index (χ1v) is 15.0.